The third-order valence-electron chi connectivity index (χ3n) is 2.89. The number of aromatic amines is 1. The van der Waals surface area contributed by atoms with Crippen molar-refractivity contribution >= 4 is 33.9 Å². The van der Waals surface area contributed by atoms with Crippen molar-refractivity contribution < 1.29 is 0 Å². The summed E-state index contributed by atoms with van der Waals surface area (Å²) in [6.07, 6.45) is 0. The van der Waals surface area contributed by atoms with Gasteiger partial charge >= 0.3 is 0 Å². The maximum Gasteiger partial charge on any atom is 0.160 e. The lowest BCUT2D eigenvalue weighted by molar-refractivity contribution is 1.13. The van der Waals surface area contributed by atoms with Crippen LogP contribution in [0.1, 0.15) is 0 Å². The fraction of sp³-hybridized carbons (Fsp3) is 0. The standard InChI is InChI=1S/C13H8N4S2/c1-2-12(18-5-1)8-3-4-9-10(6-8)15-13(14-9)11-7-19-17-16-11/h1-7H,(H,14,15). The molecule has 0 bridgehead atoms. The summed E-state index contributed by atoms with van der Waals surface area (Å²) in [5.41, 5.74) is 3.96. The van der Waals surface area contributed by atoms with Crippen LogP contribution in [0.25, 0.3) is 33.0 Å². The molecule has 0 saturated heterocycles. The normalized spacial score (nSPS) is 11.2. The first-order chi connectivity index (χ1) is 9.40. The number of hydrogen-bond acceptors (Lipinski definition) is 5. The number of thiophene rings is 1. The Bertz CT molecular complexity index is 783. The number of rotatable bonds is 2. The molecule has 4 nitrogen and oxygen atoms in total. The van der Waals surface area contributed by atoms with Crippen molar-refractivity contribution in [2.45, 2.75) is 0 Å². The molecule has 3 aromatic heterocycles. The van der Waals surface area contributed by atoms with Crippen LogP contribution in [-0.2, 0) is 0 Å². The van der Waals surface area contributed by atoms with Crippen LogP contribution in [0.15, 0.2) is 41.1 Å². The molecule has 6 heteroatoms. The average molecular weight is 284 g/mol. The Labute approximate surface area is 116 Å². The van der Waals surface area contributed by atoms with E-state index in [-0.39, 0.29) is 0 Å². The van der Waals surface area contributed by atoms with Gasteiger partial charge in [0, 0.05) is 10.3 Å². The summed E-state index contributed by atoms with van der Waals surface area (Å²) in [5, 5.41) is 8.00. The predicted octanol–water partition coefficient (Wildman–Crippen LogP) is 3.81. The van der Waals surface area contributed by atoms with Gasteiger partial charge in [-0.05, 0) is 40.7 Å². The Morgan fingerprint density at radius 1 is 1.16 bits per heavy atom. The zero-order valence-corrected chi connectivity index (χ0v) is 11.3. The van der Waals surface area contributed by atoms with Gasteiger partial charge in [0.15, 0.2) is 5.82 Å². The Hall–Kier alpha value is -2.05. The van der Waals surface area contributed by atoms with Crippen LogP contribution >= 0.6 is 22.9 Å². The maximum atomic E-state index is 4.53. The van der Waals surface area contributed by atoms with E-state index in [1.807, 2.05) is 11.4 Å². The number of benzene rings is 1. The monoisotopic (exact) mass is 284 g/mol. The van der Waals surface area contributed by atoms with E-state index in [0.29, 0.717) is 0 Å². The van der Waals surface area contributed by atoms with E-state index in [1.165, 1.54) is 22.0 Å². The molecule has 0 saturated carbocycles. The van der Waals surface area contributed by atoms with E-state index in [9.17, 15) is 0 Å². The second-order valence-electron chi connectivity index (χ2n) is 4.08. The van der Waals surface area contributed by atoms with E-state index in [4.69, 9.17) is 0 Å². The first-order valence-electron chi connectivity index (χ1n) is 5.71. The highest BCUT2D eigenvalue weighted by atomic mass is 32.1. The highest BCUT2D eigenvalue weighted by molar-refractivity contribution is 7.13. The number of aromatic nitrogens is 4. The number of imidazole rings is 1. The van der Waals surface area contributed by atoms with Gasteiger partial charge in [-0.1, -0.05) is 16.6 Å². The van der Waals surface area contributed by atoms with Gasteiger partial charge in [-0.25, -0.2) is 4.98 Å². The molecule has 3 heterocycles. The van der Waals surface area contributed by atoms with Crippen molar-refractivity contribution in [3.05, 3.63) is 41.1 Å². The molecule has 0 spiro atoms. The Kier molecular flexibility index (Phi) is 2.43. The van der Waals surface area contributed by atoms with Crippen LogP contribution in [0.3, 0.4) is 0 Å². The van der Waals surface area contributed by atoms with Crippen LogP contribution in [-0.4, -0.2) is 19.6 Å². The summed E-state index contributed by atoms with van der Waals surface area (Å²) in [4.78, 5) is 9.09. The molecular weight excluding hydrogens is 276 g/mol. The molecule has 0 atom stereocenters. The minimum absolute atomic E-state index is 0.770. The molecule has 4 rings (SSSR count). The third kappa shape index (κ3) is 1.85. The van der Waals surface area contributed by atoms with Crippen LogP contribution in [0.5, 0.6) is 0 Å². The van der Waals surface area contributed by atoms with E-state index >= 15 is 0 Å². The topological polar surface area (TPSA) is 54.5 Å². The van der Waals surface area contributed by atoms with Gasteiger partial charge in [-0.2, -0.15) is 0 Å². The molecule has 0 fully saturated rings. The SMILES string of the molecule is c1csc(-c2ccc3nc(-c4csnn4)[nH]c3c2)c1. The first-order valence-corrected chi connectivity index (χ1v) is 7.43. The number of nitrogens with zero attached hydrogens (tertiary/aromatic N) is 3. The Morgan fingerprint density at radius 2 is 2.16 bits per heavy atom. The lowest BCUT2D eigenvalue weighted by Crippen LogP contribution is -1.79. The number of hydrogen-bond donors (Lipinski definition) is 1. The minimum Gasteiger partial charge on any atom is -0.337 e. The van der Waals surface area contributed by atoms with Crippen molar-refractivity contribution in [1.82, 2.24) is 19.6 Å². The summed E-state index contributed by atoms with van der Waals surface area (Å²) in [5.74, 6) is 0.770. The second kappa shape index (κ2) is 4.25. The molecule has 92 valence electrons. The molecule has 19 heavy (non-hydrogen) atoms. The van der Waals surface area contributed by atoms with E-state index in [2.05, 4.69) is 49.2 Å². The fourth-order valence-corrected chi connectivity index (χ4v) is 3.16. The highest BCUT2D eigenvalue weighted by Crippen LogP contribution is 2.28. The number of fused-ring (bicyclic) bond motifs is 1. The Balaban J connectivity index is 1.86. The van der Waals surface area contributed by atoms with Gasteiger partial charge in [0.25, 0.3) is 0 Å². The van der Waals surface area contributed by atoms with Crippen molar-refractivity contribution in [1.29, 1.82) is 0 Å². The summed E-state index contributed by atoms with van der Waals surface area (Å²) in [7, 11) is 0. The molecule has 0 unspecified atom stereocenters. The van der Waals surface area contributed by atoms with E-state index in [1.54, 1.807) is 11.3 Å². The lowest BCUT2D eigenvalue weighted by Gasteiger charge is -1.96. The number of H-pyrrole nitrogens is 1. The van der Waals surface area contributed by atoms with Crippen LogP contribution in [0.4, 0.5) is 0 Å². The molecule has 0 aliphatic carbocycles. The van der Waals surface area contributed by atoms with E-state index < -0.39 is 0 Å². The summed E-state index contributed by atoms with van der Waals surface area (Å²) >= 11 is 3.06. The highest BCUT2D eigenvalue weighted by Gasteiger charge is 2.08. The predicted molar refractivity (Wildman–Crippen MR) is 78.3 cm³/mol. The van der Waals surface area contributed by atoms with E-state index in [0.717, 1.165) is 22.6 Å². The molecule has 1 aromatic carbocycles. The summed E-state index contributed by atoms with van der Waals surface area (Å²) in [6.45, 7) is 0. The average Bonchev–Trinajstić information content (AvgIpc) is 3.18. The fourth-order valence-electron chi connectivity index (χ4n) is 1.99. The van der Waals surface area contributed by atoms with Crippen molar-refractivity contribution in [3.8, 4) is 22.0 Å². The minimum atomic E-state index is 0.770. The van der Waals surface area contributed by atoms with Crippen LogP contribution < -0.4 is 0 Å². The van der Waals surface area contributed by atoms with Gasteiger partial charge in [0.2, 0.25) is 0 Å². The van der Waals surface area contributed by atoms with Gasteiger partial charge in [-0.15, -0.1) is 16.4 Å². The quantitative estimate of drug-likeness (QED) is 0.609. The molecule has 4 aromatic rings. The lowest BCUT2D eigenvalue weighted by atomic mass is 10.2. The van der Waals surface area contributed by atoms with Crippen LogP contribution in [0.2, 0.25) is 0 Å². The van der Waals surface area contributed by atoms with Crippen molar-refractivity contribution in [2.75, 3.05) is 0 Å². The van der Waals surface area contributed by atoms with Crippen molar-refractivity contribution in [3.63, 3.8) is 0 Å². The number of nitrogens with one attached hydrogen (secondary N) is 1. The largest absolute Gasteiger partial charge is 0.337 e. The molecule has 1 N–H and O–H groups in total. The maximum absolute atomic E-state index is 4.53. The van der Waals surface area contributed by atoms with Crippen molar-refractivity contribution in [2.24, 2.45) is 0 Å². The smallest absolute Gasteiger partial charge is 0.160 e. The first kappa shape index (κ1) is 10.8. The summed E-state index contributed by atoms with van der Waals surface area (Å²) in [6, 6.07) is 10.4. The molecule has 0 radical (unpaired) electrons. The van der Waals surface area contributed by atoms with Gasteiger partial charge < -0.3 is 4.98 Å². The summed E-state index contributed by atoms with van der Waals surface area (Å²) < 4.78 is 3.86. The van der Waals surface area contributed by atoms with Gasteiger partial charge in [0.05, 0.1) is 11.0 Å². The van der Waals surface area contributed by atoms with Gasteiger partial charge in [-0.3, -0.25) is 0 Å². The molecule has 0 aliphatic rings. The van der Waals surface area contributed by atoms with Gasteiger partial charge in [0.1, 0.15) is 5.69 Å². The second-order valence-corrected chi connectivity index (χ2v) is 5.64. The zero-order chi connectivity index (χ0) is 12.7. The molecule has 0 aliphatic heterocycles. The zero-order valence-electron chi connectivity index (χ0n) is 9.70. The Morgan fingerprint density at radius 3 is 2.95 bits per heavy atom. The third-order valence-corrected chi connectivity index (χ3v) is 4.31. The van der Waals surface area contributed by atoms with Crippen LogP contribution in [0, 0.1) is 0 Å². The molecule has 0 amide bonds. The molecular formula is C13H8N4S2.